The van der Waals surface area contributed by atoms with Gasteiger partial charge in [0.05, 0.1) is 11.9 Å². The highest BCUT2D eigenvalue weighted by Gasteiger charge is 2.30. The van der Waals surface area contributed by atoms with Gasteiger partial charge in [-0.2, -0.15) is 0 Å². The number of carbonyl (C=O) groups is 1. The first-order valence-electron chi connectivity index (χ1n) is 8.51. The molecule has 1 atom stereocenters. The van der Waals surface area contributed by atoms with E-state index < -0.39 is 5.60 Å². The summed E-state index contributed by atoms with van der Waals surface area (Å²) in [5.41, 5.74) is 0.168. The predicted octanol–water partition coefficient (Wildman–Crippen LogP) is 3.36. The van der Waals surface area contributed by atoms with Crippen LogP contribution >= 0.6 is 0 Å². The van der Waals surface area contributed by atoms with E-state index in [4.69, 9.17) is 4.42 Å². The summed E-state index contributed by atoms with van der Waals surface area (Å²) in [4.78, 5) is 12.3. The second-order valence-corrected chi connectivity index (χ2v) is 6.47. The third kappa shape index (κ3) is 4.17. The second kappa shape index (κ2) is 7.53. The molecule has 1 aliphatic carbocycles. The molecule has 128 valence electrons. The molecule has 0 spiro atoms. The molecular formula is C19H24N2O3. The molecule has 1 unspecified atom stereocenters. The lowest BCUT2D eigenvalue weighted by atomic mass is 9.85. The standard InChI is InChI=1S/C19H24N2O3/c22-18(20-14-19(23)11-5-2-6-12-19)21-17(16-10-7-13-24-16)15-8-3-1-4-9-15/h1,3-4,7-10,13,17,23H,2,5-6,11-12,14H2,(H2,20,21,22). The predicted molar refractivity (Wildman–Crippen MR) is 91.6 cm³/mol. The number of furan rings is 1. The summed E-state index contributed by atoms with van der Waals surface area (Å²) in [5.74, 6) is 0.674. The SMILES string of the molecule is O=C(NCC1(O)CCCCC1)NC(c1ccccc1)c1ccco1. The molecule has 1 aromatic heterocycles. The molecule has 5 nitrogen and oxygen atoms in total. The molecule has 5 heteroatoms. The van der Waals surface area contributed by atoms with Crippen LogP contribution in [0.25, 0.3) is 0 Å². The fourth-order valence-electron chi connectivity index (χ4n) is 3.23. The largest absolute Gasteiger partial charge is 0.467 e. The van der Waals surface area contributed by atoms with Gasteiger partial charge in [-0.3, -0.25) is 0 Å². The van der Waals surface area contributed by atoms with Crippen molar-refractivity contribution in [3.63, 3.8) is 0 Å². The quantitative estimate of drug-likeness (QED) is 0.788. The Morgan fingerprint density at radius 3 is 2.54 bits per heavy atom. The van der Waals surface area contributed by atoms with E-state index in [9.17, 15) is 9.90 Å². The fraction of sp³-hybridized carbons (Fsp3) is 0.421. The molecule has 1 fully saturated rings. The van der Waals surface area contributed by atoms with Crippen LogP contribution < -0.4 is 10.6 Å². The van der Waals surface area contributed by atoms with E-state index in [1.807, 2.05) is 36.4 Å². The van der Waals surface area contributed by atoms with Gasteiger partial charge in [0.2, 0.25) is 0 Å². The number of carbonyl (C=O) groups excluding carboxylic acids is 1. The van der Waals surface area contributed by atoms with E-state index >= 15 is 0 Å². The minimum absolute atomic E-state index is 0.276. The van der Waals surface area contributed by atoms with Gasteiger partial charge in [-0.25, -0.2) is 4.79 Å². The highest BCUT2D eigenvalue weighted by molar-refractivity contribution is 5.75. The first-order valence-corrected chi connectivity index (χ1v) is 8.51. The number of amides is 2. The summed E-state index contributed by atoms with van der Waals surface area (Å²) in [7, 11) is 0. The Bertz CT molecular complexity index is 634. The molecule has 24 heavy (non-hydrogen) atoms. The number of hydrogen-bond donors (Lipinski definition) is 3. The molecule has 0 aliphatic heterocycles. The molecule has 0 radical (unpaired) electrons. The van der Waals surface area contributed by atoms with Crippen molar-refractivity contribution in [2.75, 3.05) is 6.54 Å². The third-order valence-electron chi connectivity index (χ3n) is 4.60. The maximum Gasteiger partial charge on any atom is 0.315 e. The molecule has 3 rings (SSSR count). The summed E-state index contributed by atoms with van der Waals surface area (Å²) < 4.78 is 5.47. The van der Waals surface area contributed by atoms with Crippen LogP contribution in [-0.2, 0) is 0 Å². The number of aliphatic hydroxyl groups is 1. The van der Waals surface area contributed by atoms with E-state index in [1.165, 1.54) is 0 Å². The Morgan fingerprint density at radius 1 is 1.12 bits per heavy atom. The zero-order valence-corrected chi connectivity index (χ0v) is 13.7. The summed E-state index contributed by atoms with van der Waals surface area (Å²) in [6.07, 6.45) is 6.26. The first kappa shape index (κ1) is 16.6. The number of nitrogens with one attached hydrogen (secondary N) is 2. The van der Waals surface area contributed by atoms with E-state index in [1.54, 1.807) is 12.3 Å². The van der Waals surface area contributed by atoms with Gasteiger partial charge < -0.3 is 20.2 Å². The van der Waals surface area contributed by atoms with Gasteiger partial charge in [-0.15, -0.1) is 0 Å². The van der Waals surface area contributed by atoms with Crippen molar-refractivity contribution in [1.82, 2.24) is 10.6 Å². The third-order valence-corrected chi connectivity index (χ3v) is 4.60. The Labute approximate surface area is 142 Å². The monoisotopic (exact) mass is 328 g/mol. The number of hydrogen-bond acceptors (Lipinski definition) is 3. The number of benzene rings is 1. The van der Waals surface area contributed by atoms with Crippen LogP contribution in [0.15, 0.2) is 53.1 Å². The van der Waals surface area contributed by atoms with Gasteiger partial charge in [0.15, 0.2) is 0 Å². The topological polar surface area (TPSA) is 74.5 Å². The molecule has 1 heterocycles. The maximum absolute atomic E-state index is 12.3. The Kier molecular flexibility index (Phi) is 5.20. The van der Waals surface area contributed by atoms with Crippen LogP contribution in [0.2, 0.25) is 0 Å². The average molecular weight is 328 g/mol. The van der Waals surface area contributed by atoms with Gasteiger partial charge >= 0.3 is 6.03 Å². The Hall–Kier alpha value is -2.27. The smallest absolute Gasteiger partial charge is 0.315 e. The first-order chi connectivity index (χ1) is 11.7. The van der Waals surface area contributed by atoms with Crippen molar-refractivity contribution in [3.8, 4) is 0 Å². The van der Waals surface area contributed by atoms with E-state index in [-0.39, 0.29) is 18.6 Å². The van der Waals surface area contributed by atoms with Gasteiger partial charge in [0, 0.05) is 6.54 Å². The molecule has 0 bridgehead atoms. The highest BCUT2D eigenvalue weighted by Crippen LogP contribution is 2.27. The van der Waals surface area contributed by atoms with Crippen LogP contribution in [0.3, 0.4) is 0 Å². The van der Waals surface area contributed by atoms with Crippen LogP contribution in [0.4, 0.5) is 4.79 Å². The van der Waals surface area contributed by atoms with E-state index in [0.29, 0.717) is 5.76 Å². The highest BCUT2D eigenvalue weighted by atomic mass is 16.3. The van der Waals surface area contributed by atoms with Crippen LogP contribution in [0.1, 0.15) is 49.5 Å². The zero-order valence-electron chi connectivity index (χ0n) is 13.7. The van der Waals surface area contributed by atoms with E-state index in [0.717, 1.165) is 37.7 Å². The van der Waals surface area contributed by atoms with Crippen molar-refractivity contribution in [3.05, 3.63) is 60.1 Å². The lowest BCUT2D eigenvalue weighted by Crippen LogP contribution is -2.48. The van der Waals surface area contributed by atoms with Crippen LogP contribution in [0.5, 0.6) is 0 Å². The number of rotatable bonds is 5. The normalized spacial score (nSPS) is 17.9. The second-order valence-electron chi connectivity index (χ2n) is 6.47. The molecule has 3 N–H and O–H groups in total. The molecular weight excluding hydrogens is 304 g/mol. The number of urea groups is 1. The van der Waals surface area contributed by atoms with Crippen LogP contribution in [0, 0.1) is 0 Å². The minimum Gasteiger partial charge on any atom is -0.467 e. The van der Waals surface area contributed by atoms with Crippen molar-refractivity contribution < 1.29 is 14.3 Å². The van der Waals surface area contributed by atoms with Gasteiger partial charge in [0.1, 0.15) is 11.8 Å². The molecule has 0 saturated heterocycles. The average Bonchev–Trinajstić information content (AvgIpc) is 3.14. The summed E-state index contributed by atoms with van der Waals surface area (Å²) in [6.45, 7) is 0.276. The lowest BCUT2D eigenvalue weighted by Gasteiger charge is -2.32. The van der Waals surface area contributed by atoms with Gasteiger partial charge in [-0.05, 0) is 30.5 Å². The van der Waals surface area contributed by atoms with Crippen molar-refractivity contribution in [1.29, 1.82) is 0 Å². The molecule has 1 aromatic carbocycles. The summed E-state index contributed by atoms with van der Waals surface area (Å²) >= 11 is 0. The molecule has 1 aliphatic rings. The van der Waals surface area contributed by atoms with Gasteiger partial charge in [-0.1, -0.05) is 49.6 Å². The zero-order chi connectivity index (χ0) is 16.8. The maximum atomic E-state index is 12.3. The molecule has 1 saturated carbocycles. The molecule has 2 amide bonds. The van der Waals surface area contributed by atoms with Crippen molar-refractivity contribution >= 4 is 6.03 Å². The Balaban J connectivity index is 1.63. The van der Waals surface area contributed by atoms with Crippen LogP contribution in [-0.4, -0.2) is 23.3 Å². The van der Waals surface area contributed by atoms with Gasteiger partial charge in [0.25, 0.3) is 0 Å². The van der Waals surface area contributed by atoms with Crippen molar-refractivity contribution in [2.45, 2.75) is 43.7 Å². The summed E-state index contributed by atoms with van der Waals surface area (Å²) in [5, 5.41) is 16.2. The lowest BCUT2D eigenvalue weighted by molar-refractivity contribution is 0.00714. The van der Waals surface area contributed by atoms with Crippen molar-refractivity contribution in [2.24, 2.45) is 0 Å². The Morgan fingerprint density at radius 2 is 1.88 bits per heavy atom. The summed E-state index contributed by atoms with van der Waals surface area (Å²) in [6, 6.07) is 12.7. The van der Waals surface area contributed by atoms with E-state index in [2.05, 4.69) is 10.6 Å². The molecule has 2 aromatic rings. The fourth-order valence-corrected chi connectivity index (χ4v) is 3.23. The minimum atomic E-state index is -0.775.